The Morgan fingerprint density at radius 2 is 2.04 bits per heavy atom. The molecule has 2 aliphatic rings. The van der Waals surface area contributed by atoms with E-state index in [1.54, 1.807) is 16.7 Å². The molecule has 140 valence electrons. The van der Waals surface area contributed by atoms with Gasteiger partial charge in [-0.3, -0.25) is 9.69 Å². The van der Waals surface area contributed by atoms with Crippen molar-refractivity contribution < 1.29 is 18.8 Å². The molecule has 0 spiro atoms. The van der Waals surface area contributed by atoms with Crippen molar-refractivity contribution in [3.63, 3.8) is 0 Å². The van der Waals surface area contributed by atoms with E-state index in [9.17, 15) is 9.59 Å². The second kappa shape index (κ2) is 6.93. The van der Waals surface area contributed by atoms with E-state index in [0.717, 1.165) is 4.91 Å². The number of carbonyl (C=O) groups is 2. The monoisotopic (exact) mass is 383 g/mol. The van der Waals surface area contributed by atoms with Crippen molar-refractivity contribution in [3.8, 4) is 0 Å². The fraction of sp³-hybridized carbons (Fsp3) is 0.667. The third kappa shape index (κ3) is 3.59. The van der Waals surface area contributed by atoms with Gasteiger partial charge in [0, 0.05) is 4.91 Å². The van der Waals surface area contributed by atoms with E-state index in [1.807, 2.05) is 13.8 Å². The zero-order chi connectivity index (χ0) is 19.2. The molecule has 0 bridgehead atoms. The number of esters is 1. The van der Waals surface area contributed by atoms with E-state index < -0.39 is 14.3 Å². The molecule has 3 atom stereocenters. The normalized spacial score (nSPS) is 24.8. The van der Waals surface area contributed by atoms with Crippen molar-refractivity contribution in [2.45, 2.75) is 64.2 Å². The Morgan fingerprint density at radius 3 is 2.56 bits per heavy atom. The van der Waals surface area contributed by atoms with E-state index in [-0.39, 0.29) is 34.9 Å². The van der Waals surface area contributed by atoms with Crippen LogP contribution in [-0.2, 0) is 18.8 Å². The Bertz CT molecular complexity index is 623. The van der Waals surface area contributed by atoms with Gasteiger partial charge in [-0.25, -0.2) is 4.79 Å². The molecule has 1 amide bonds. The van der Waals surface area contributed by atoms with Crippen LogP contribution in [0.4, 0.5) is 0 Å². The summed E-state index contributed by atoms with van der Waals surface area (Å²) >= 11 is 1.55. The number of ether oxygens (including phenoxy) is 1. The largest absolute Gasteiger partial charge is 0.457 e. The minimum absolute atomic E-state index is 0.0499. The summed E-state index contributed by atoms with van der Waals surface area (Å²) in [6.45, 7) is 18.4. The highest BCUT2D eigenvalue weighted by molar-refractivity contribution is 8.04. The van der Waals surface area contributed by atoms with E-state index in [1.165, 1.54) is 6.08 Å². The fourth-order valence-electron chi connectivity index (χ4n) is 2.85. The van der Waals surface area contributed by atoms with Gasteiger partial charge < -0.3 is 9.16 Å². The summed E-state index contributed by atoms with van der Waals surface area (Å²) in [5.41, 5.74) is 0.373. The van der Waals surface area contributed by atoms with Gasteiger partial charge in [0.05, 0.1) is 12.0 Å². The number of thioether (sulfide) groups is 1. The van der Waals surface area contributed by atoms with E-state index in [0.29, 0.717) is 5.70 Å². The molecule has 2 heterocycles. The van der Waals surface area contributed by atoms with Crippen molar-refractivity contribution in [1.82, 2.24) is 4.90 Å². The first kappa shape index (κ1) is 20.3. The summed E-state index contributed by atoms with van der Waals surface area (Å²) in [6, 6.07) is 0. The summed E-state index contributed by atoms with van der Waals surface area (Å²) in [5, 5.41) is 0.0169. The minimum atomic E-state index is -1.96. The van der Waals surface area contributed by atoms with Crippen LogP contribution < -0.4 is 0 Å². The minimum Gasteiger partial charge on any atom is -0.457 e. The molecule has 0 aliphatic carbocycles. The maximum absolute atomic E-state index is 12.7. The third-order valence-electron chi connectivity index (χ3n) is 5.27. The van der Waals surface area contributed by atoms with Crippen LogP contribution in [0.2, 0.25) is 18.1 Å². The van der Waals surface area contributed by atoms with Crippen molar-refractivity contribution in [1.29, 1.82) is 0 Å². The van der Waals surface area contributed by atoms with Crippen LogP contribution in [0.25, 0.3) is 0 Å². The zero-order valence-electron chi connectivity index (χ0n) is 16.2. The van der Waals surface area contributed by atoms with Gasteiger partial charge in [-0.05, 0) is 32.0 Å². The summed E-state index contributed by atoms with van der Waals surface area (Å²) < 4.78 is 11.5. The molecule has 1 unspecified atom stereocenters. The molecule has 0 aromatic rings. The molecule has 0 aromatic heterocycles. The van der Waals surface area contributed by atoms with Crippen LogP contribution >= 0.6 is 11.8 Å². The second-order valence-corrected chi connectivity index (χ2v) is 14.2. The maximum atomic E-state index is 12.7. The smallest absolute Gasteiger partial charge is 0.356 e. The molecule has 7 heteroatoms. The molecule has 1 saturated heterocycles. The van der Waals surface area contributed by atoms with Crippen molar-refractivity contribution in [3.05, 3.63) is 23.3 Å². The second-order valence-electron chi connectivity index (χ2n) is 8.12. The predicted molar refractivity (Wildman–Crippen MR) is 103 cm³/mol. The lowest BCUT2D eigenvalue weighted by atomic mass is 9.92. The van der Waals surface area contributed by atoms with E-state index in [2.05, 4.69) is 40.4 Å². The molecule has 1 fully saturated rings. The number of hydrogen-bond donors (Lipinski definition) is 0. The van der Waals surface area contributed by atoms with Gasteiger partial charge in [-0.15, -0.1) is 11.8 Å². The molecule has 0 N–H and O–H groups in total. The van der Waals surface area contributed by atoms with Crippen LogP contribution in [-0.4, -0.2) is 43.2 Å². The zero-order valence-corrected chi connectivity index (χ0v) is 18.0. The molecule has 0 radical (unpaired) electrons. The Balaban J connectivity index is 2.10. The predicted octanol–water partition coefficient (Wildman–Crippen LogP) is 3.89. The van der Waals surface area contributed by atoms with Gasteiger partial charge in [-0.1, -0.05) is 33.4 Å². The summed E-state index contributed by atoms with van der Waals surface area (Å²) in [7, 11) is -1.96. The summed E-state index contributed by atoms with van der Waals surface area (Å²) in [4.78, 5) is 27.4. The van der Waals surface area contributed by atoms with Crippen molar-refractivity contribution in [2.75, 3.05) is 6.61 Å². The van der Waals surface area contributed by atoms with Crippen LogP contribution in [0.5, 0.6) is 0 Å². The number of nitrogens with zero attached hydrogens (tertiary/aromatic N) is 1. The van der Waals surface area contributed by atoms with Gasteiger partial charge in [0.15, 0.2) is 8.32 Å². The van der Waals surface area contributed by atoms with Gasteiger partial charge in [0.2, 0.25) is 5.91 Å². The lowest BCUT2D eigenvalue weighted by Crippen LogP contribution is -2.62. The number of rotatable bonds is 6. The Morgan fingerprint density at radius 1 is 1.44 bits per heavy atom. The van der Waals surface area contributed by atoms with Crippen molar-refractivity contribution in [2.24, 2.45) is 5.92 Å². The average Bonchev–Trinajstić information content (AvgIpc) is 2.76. The van der Waals surface area contributed by atoms with E-state index >= 15 is 0 Å². The quantitative estimate of drug-likeness (QED) is 0.301. The number of β-lactam (4-membered cyclic amide) rings is 1. The lowest BCUT2D eigenvalue weighted by Gasteiger charge is -2.48. The highest BCUT2D eigenvalue weighted by Crippen LogP contribution is 2.51. The van der Waals surface area contributed by atoms with Gasteiger partial charge in [0.1, 0.15) is 17.7 Å². The first-order valence-electron chi connectivity index (χ1n) is 8.59. The highest BCUT2D eigenvalue weighted by atomic mass is 32.2. The lowest BCUT2D eigenvalue weighted by molar-refractivity contribution is -0.157. The molecule has 2 rings (SSSR count). The molecule has 5 nitrogen and oxygen atoms in total. The topological polar surface area (TPSA) is 55.8 Å². The van der Waals surface area contributed by atoms with Gasteiger partial charge >= 0.3 is 5.97 Å². The maximum Gasteiger partial charge on any atom is 0.356 e. The number of fused-ring (bicyclic) bond motifs is 1. The SMILES string of the molecule is C=CCOC(=O)C1=C(C)S[C@@H]2[C@@H](C(C)O[Si](C)(C)C(C)(C)C)C(=O)N12. The fourth-order valence-corrected chi connectivity index (χ4v) is 5.73. The molecular weight excluding hydrogens is 354 g/mol. The van der Waals surface area contributed by atoms with Crippen LogP contribution in [0.1, 0.15) is 34.6 Å². The molecule has 0 saturated carbocycles. The third-order valence-corrected chi connectivity index (χ3v) is 11.1. The van der Waals surface area contributed by atoms with E-state index in [4.69, 9.17) is 9.16 Å². The highest BCUT2D eigenvalue weighted by Gasteiger charge is 2.58. The van der Waals surface area contributed by atoms with Crippen LogP contribution in [0.3, 0.4) is 0 Å². The number of hydrogen-bond acceptors (Lipinski definition) is 5. The molecule has 0 aromatic carbocycles. The number of carbonyl (C=O) groups excluding carboxylic acids is 2. The summed E-state index contributed by atoms with van der Waals surface area (Å²) in [6.07, 6.45) is 1.35. The van der Waals surface area contributed by atoms with Crippen molar-refractivity contribution >= 4 is 32.0 Å². The number of amides is 1. The summed E-state index contributed by atoms with van der Waals surface area (Å²) in [5.74, 6) is -0.734. The Labute approximate surface area is 155 Å². The first-order chi connectivity index (χ1) is 11.4. The average molecular weight is 384 g/mol. The number of allylic oxidation sites excluding steroid dienone is 1. The van der Waals surface area contributed by atoms with Gasteiger partial charge in [0.25, 0.3) is 0 Å². The Hall–Kier alpha value is -1.05. The molecule has 2 aliphatic heterocycles. The first-order valence-corrected chi connectivity index (χ1v) is 12.4. The van der Waals surface area contributed by atoms with Gasteiger partial charge in [-0.2, -0.15) is 0 Å². The molecular formula is C18H29NO4SSi. The Kier molecular flexibility index (Phi) is 5.61. The van der Waals surface area contributed by atoms with Crippen LogP contribution in [0.15, 0.2) is 23.3 Å². The molecule has 25 heavy (non-hydrogen) atoms. The standard InChI is InChI=1S/C18H29NO4SSi/c1-9-10-22-17(21)14-12(3)24-16-13(15(20)19(14)16)11(2)23-25(7,8)18(4,5)6/h9,11,13,16H,1,10H2,2-8H3/t11?,13-,16+/m0/s1. The van der Waals surface area contributed by atoms with Crippen LogP contribution in [0, 0.1) is 5.92 Å².